The maximum atomic E-state index is 4.48. The minimum absolute atomic E-state index is 0.830. The third-order valence-corrected chi connectivity index (χ3v) is 7.14. The summed E-state index contributed by atoms with van der Waals surface area (Å²) in [7, 11) is 2.06. The van der Waals surface area contributed by atoms with E-state index in [-0.39, 0.29) is 0 Å². The number of hydrogen-bond donors (Lipinski definition) is 1. The fraction of sp³-hybridized carbons (Fsp3) is 0.0571. The summed E-state index contributed by atoms with van der Waals surface area (Å²) in [5.74, 6) is 0. The van der Waals surface area contributed by atoms with E-state index in [1.165, 1.54) is 27.3 Å². The van der Waals surface area contributed by atoms with Crippen LogP contribution in [0.1, 0.15) is 11.1 Å². The maximum absolute atomic E-state index is 4.48. The Labute approximate surface area is 223 Å². The largest absolute Gasteiger partial charge is 0.381 e. The third kappa shape index (κ3) is 4.39. The second-order valence-corrected chi connectivity index (χ2v) is 9.46. The molecule has 3 nitrogen and oxygen atoms in total. The molecule has 1 aliphatic rings. The molecule has 0 unspecified atom stereocenters. The zero-order chi connectivity index (χ0) is 25.9. The molecule has 1 N–H and O–H groups in total. The summed E-state index contributed by atoms with van der Waals surface area (Å²) < 4.78 is 0. The predicted molar refractivity (Wildman–Crippen MR) is 164 cm³/mol. The number of nitrogens with zero attached hydrogens (tertiary/aromatic N) is 2. The average molecular weight is 492 g/mol. The summed E-state index contributed by atoms with van der Waals surface area (Å²) in [6.07, 6.45) is 8.38. The number of fused-ring (bicyclic) bond motifs is 2. The van der Waals surface area contributed by atoms with Crippen LogP contribution in [0.25, 0.3) is 44.1 Å². The molecule has 0 radical (unpaired) electrons. The van der Waals surface area contributed by atoms with E-state index in [1.807, 2.05) is 0 Å². The van der Waals surface area contributed by atoms with Crippen LogP contribution in [0.3, 0.4) is 0 Å². The van der Waals surface area contributed by atoms with Crippen LogP contribution in [0.5, 0.6) is 0 Å². The highest BCUT2D eigenvalue weighted by Gasteiger charge is 2.13. The lowest BCUT2D eigenvalue weighted by atomic mass is 9.91. The first-order chi connectivity index (χ1) is 18.7. The van der Waals surface area contributed by atoms with Gasteiger partial charge in [-0.3, -0.25) is 4.99 Å². The maximum Gasteiger partial charge on any atom is 0.0862 e. The fourth-order valence-electron chi connectivity index (χ4n) is 5.22. The molecule has 6 rings (SSSR count). The lowest BCUT2D eigenvalue weighted by Crippen LogP contribution is -2.15. The van der Waals surface area contributed by atoms with Crippen LogP contribution in [0.4, 0.5) is 5.69 Å². The van der Waals surface area contributed by atoms with Crippen LogP contribution in [0, 0.1) is 0 Å². The highest BCUT2D eigenvalue weighted by atomic mass is 15.1. The van der Waals surface area contributed by atoms with Gasteiger partial charge in [-0.2, -0.15) is 0 Å². The Bertz CT molecular complexity index is 1750. The van der Waals surface area contributed by atoms with E-state index < -0.39 is 0 Å². The Hall–Kier alpha value is -4.89. The van der Waals surface area contributed by atoms with Gasteiger partial charge in [-0.15, -0.1) is 0 Å². The number of benzene rings is 5. The topological polar surface area (TPSA) is 27.6 Å². The number of anilines is 1. The molecule has 0 aliphatic carbocycles. The molecule has 184 valence electrons. The van der Waals surface area contributed by atoms with Crippen LogP contribution >= 0.6 is 0 Å². The van der Waals surface area contributed by atoms with Crippen LogP contribution < -0.4 is 10.2 Å². The van der Waals surface area contributed by atoms with Gasteiger partial charge in [0.2, 0.25) is 0 Å². The minimum atomic E-state index is 0.830. The molecular weight excluding hydrogens is 462 g/mol. The van der Waals surface area contributed by atoms with Gasteiger partial charge < -0.3 is 10.2 Å². The van der Waals surface area contributed by atoms with Crippen molar-refractivity contribution in [3.63, 3.8) is 0 Å². The molecule has 0 saturated carbocycles. The van der Waals surface area contributed by atoms with E-state index in [2.05, 4.69) is 157 Å². The van der Waals surface area contributed by atoms with Crippen LogP contribution in [-0.4, -0.2) is 20.3 Å². The number of rotatable bonds is 6. The summed E-state index contributed by atoms with van der Waals surface area (Å²) in [6.45, 7) is 4.78. The van der Waals surface area contributed by atoms with E-state index in [0.29, 0.717) is 0 Å². The summed E-state index contributed by atoms with van der Waals surface area (Å²) in [5.41, 5.74) is 7.71. The first-order valence-electron chi connectivity index (χ1n) is 12.9. The van der Waals surface area contributed by atoms with Gasteiger partial charge >= 0.3 is 0 Å². The second kappa shape index (κ2) is 10.2. The molecule has 0 fully saturated rings. The molecule has 0 spiro atoms. The molecule has 0 atom stereocenters. The molecular formula is C35H29N3. The Morgan fingerprint density at radius 1 is 0.816 bits per heavy atom. The average Bonchev–Trinajstić information content (AvgIpc) is 2.99. The van der Waals surface area contributed by atoms with Gasteiger partial charge in [-0.05, 0) is 63.2 Å². The van der Waals surface area contributed by atoms with Crippen molar-refractivity contribution in [2.24, 2.45) is 4.99 Å². The fourth-order valence-corrected chi connectivity index (χ4v) is 5.22. The first-order valence-corrected chi connectivity index (χ1v) is 12.9. The molecule has 0 saturated heterocycles. The highest BCUT2D eigenvalue weighted by molar-refractivity contribution is 6.08. The number of allylic oxidation sites excluding steroid dienone is 2. The van der Waals surface area contributed by atoms with E-state index in [1.54, 1.807) is 0 Å². The van der Waals surface area contributed by atoms with E-state index in [0.717, 1.165) is 40.1 Å². The molecule has 0 aromatic heterocycles. The Kier molecular flexibility index (Phi) is 6.33. The van der Waals surface area contributed by atoms with Gasteiger partial charge in [0.25, 0.3) is 0 Å². The van der Waals surface area contributed by atoms with Crippen LogP contribution in [0.15, 0.2) is 133 Å². The van der Waals surface area contributed by atoms with E-state index >= 15 is 0 Å². The summed E-state index contributed by atoms with van der Waals surface area (Å²) in [5, 5.41) is 8.29. The molecule has 0 amide bonds. The van der Waals surface area contributed by atoms with Gasteiger partial charge in [-0.25, -0.2) is 0 Å². The van der Waals surface area contributed by atoms with Crippen molar-refractivity contribution < 1.29 is 0 Å². The van der Waals surface area contributed by atoms with Gasteiger partial charge in [0.05, 0.1) is 5.70 Å². The SMILES string of the molecule is C=N/C(=C\N(C)c1cccc(C2=CC=CCN2)c1)c1ccc(-c2cccc3ccccc23)c2ccccc12. The zero-order valence-corrected chi connectivity index (χ0v) is 21.4. The summed E-state index contributed by atoms with van der Waals surface area (Å²) >= 11 is 0. The zero-order valence-electron chi connectivity index (χ0n) is 21.4. The highest BCUT2D eigenvalue weighted by Crippen LogP contribution is 2.37. The number of hydrogen-bond acceptors (Lipinski definition) is 3. The molecule has 1 heterocycles. The van der Waals surface area contributed by atoms with Crippen molar-refractivity contribution in [3.8, 4) is 11.1 Å². The molecule has 3 heteroatoms. The van der Waals surface area contributed by atoms with Crippen LogP contribution in [0.2, 0.25) is 0 Å². The van der Waals surface area contributed by atoms with Gasteiger partial charge in [0, 0.05) is 36.7 Å². The number of aliphatic imine (C=N–C) groups is 1. The molecule has 1 aliphatic heterocycles. The smallest absolute Gasteiger partial charge is 0.0862 e. The molecule has 5 aromatic rings. The lowest BCUT2D eigenvalue weighted by molar-refractivity contribution is 0.995. The van der Waals surface area contributed by atoms with E-state index in [9.17, 15) is 0 Å². The van der Waals surface area contributed by atoms with Crippen molar-refractivity contribution >= 4 is 45.3 Å². The minimum Gasteiger partial charge on any atom is -0.381 e. The van der Waals surface area contributed by atoms with Crippen molar-refractivity contribution in [1.82, 2.24) is 5.32 Å². The first kappa shape index (κ1) is 23.5. The molecule has 0 bridgehead atoms. The number of dihydropyridines is 1. The Morgan fingerprint density at radius 2 is 1.55 bits per heavy atom. The molecule has 5 aromatic carbocycles. The summed E-state index contributed by atoms with van der Waals surface area (Å²) in [6, 6.07) is 36.5. The van der Waals surface area contributed by atoms with Gasteiger partial charge in [0.15, 0.2) is 0 Å². The van der Waals surface area contributed by atoms with Crippen molar-refractivity contribution in [1.29, 1.82) is 0 Å². The standard InChI is InChI=1S/C35H29N3/c1-36-35(24-38(2)27-14-9-13-26(23-27)34-19-7-8-22-37-34)33-21-20-32(30-16-5-6-17-31(30)33)29-18-10-12-25-11-3-4-15-28(25)29/h3-21,23-24,37H,1,22H2,2H3/b35-24-. The van der Waals surface area contributed by atoms with Gasteiger partial charge in [0.1, 0.15) is 0 Å². The van der Waals surface area contributed by atoms with Crippen molar-refractivity contribution in [3.05, 3.63) is 139 Å². The van der Waals surface area contributed by atoms with E-state index in [4.69, 9.17) is 0 Å². The Morgan fingerprint density at radius 3 is 2.37 bits per heavy atom. The predicted octanol–water partition coefficient (Wildman–Crippen LogP) is 8.30. The van der Waals surface area contributed by atoms with Crippen molar-refractivity contribution in [2.45, 2.75) is 0 Å². The third-order valence-electron chi connectivity index (χ3n) is 7.14. The quantitative estimate of drug-likeness (QED) is 0.242. The monoisotopic (exact) mass is 491 g/mol. The van der Waals surface area contributed by atoms with Crippen molar-refractivity contribution in [2.75, 3.05) is 18.5 Å². The number of nitrogens with one attached hydrogen (secondary N) is 1. The van der Waals surface area contributed by atoms with Gasteiger partial charge in [-0.1, -0.05) is 103 Å². The van der Waals surface area contributed by atoms with Crippen LogP contribution in [-0.2, 0) is 0 Å². The molecule has 38 heavy (non-hydrogen) atoms. The lowest BCUT2D eigenvalue weighted by Gasteiger charge is -2.19. The normalized spacial score (nSPS) is 13.3. The Balaban J connectivity index is 1.42. The summed E-state index contributed by atoms with van der Waals surface area (Å²) in [4.78, 5) is 6.59. The second-order valence-electron chi connectivity index (χ2n) is 9.46.